The molecule has 1 saturated carbocycles. The lowest BCUT2D eigenvalue weighted by Crippen LogP contribution is -2.21. The summed E-state index contributed by atoms with van der Waals surface area (Å²) >= 11 is 0. The smallest absolute Gasteiger partial charge is 0.272 e. The van der Waals surface area contributed by atoms with Crippen molar-refractivity contribution in [1.82, 2.24) is 0 Å². The van der Waals surface area contributed by atoms with Gasteiger partial charge in [0.05, 0.1) is 29.4 Å². The van der Waals surface area contributed by atoms with E-state index >= 15 is 0 Å². The van der Waals surface area contributed by atoms with Crippen molar-refractivity contribution in [2.45, 2.75) is 38.4 Å². The van der Waals surface area contributed by atoms with Crippen molar-refractivity contribution < 1.29 is 19.3 Å². The normalized spacial score (nSPS) is 18.9. The number of hydrogen-bond acceptors (Lipinski definition) is 5. The number of rotatable bonds is 4. The lowest BCUT2D eigenvalue weighted by molar-refractivity contribution is -0.385. The van der Waals surface area contributed by atoms with Crippen LogP contribution in [0.3, 0.4) is 0 Å². The topological polar surface area (TPSA) is 85.0 Å². The number of oxime groups is 1. The van der Waals surface area contributed by atoms with Crippen LogP contribution in [0.1, 0.15) is 31.2 Å². The molecule has 0 radical (unpaired) electrons. The van der Waals surface area contributed by atoms with Gasteiger partial charge in [-0.2, -0.15) is 0 Å². The van der Waals surface area contributed by atoms with E-state index in [2.05, 4.69) is 5.16 Å². The second-order valence-electron chi connectivity index (χ2n) is 4.75. The molecule has 0 atom stereocenters. The number of nitro groups is 1. The highest BCUT2D eigenvalue weighted by Crippen LogP contribution is 2.22. The molecule has 2 rings (SSSR count). The zero-order valence-electron chi connectivity index (χ0n) is 10.8. The van der Waals surface area contributed by atoms with Gasteiger partial charge >= 0.3 is 0 Å². The lowest BCUT2D eigenvalue weighted by Gasteiger charge is -2.22. The van der Waals surface area contributed by atoms with Gasteiger partial charge in [-0.25, -0.2) is 4.39 Å². The van der Waals surface area contributed by atoms with Crippen molar-refractivity contribution >= 4 is 11.4 Å². The number of ether oxygens (including phenoxy) is 1. The van der Waals surface area contributed by atoms with E-state index in [-0.39, 0.29) is 18.4 Å². The molecule has 0 unspecified atom stereocenters. The zero-order chi connectivity index (χ0) is 14.5. The number of benzene rings is 1. The summed E-state index contributed by atoms with van der Waals surface area (Å²) in [6, 6.07) is 3.43. The minimum Gasteiger partial charge on any atom is -0.411 e. The van der Waals surface area contributed by atoms with Gasteiger partial charge in [0.1, 0.15) is 5.82 Å². The average molecular weight is 282 g/mol. The molecule has 0 saturated heterocycles. The first-order valence-corrected chi connectivity index (χ1v) is 6.33. The van der Waals surface area contributed by atoms with Crippen LogP contribution in [-0.2, 0) is 11.3 Å². The van der Waals surface area contributed by atoms with Crippen LogP contribution >= 0.6 is 0 Å². The summed E-state index contributed by atoms with van der Waals surface area (Å²) < 4.78 is 18.9. The quantitative estimate of drug-likeness (QED) is 0.522. The van der Waals surface area contributed by atoms with Gasteiger partial charge in [0.15, 0.2) is 0 Å². The fourth-order valence-electron chi connectivity index (χ4n) is 2.23. The molecule has 0 bridgehead atoms. The summed E-state index contributed by atoms with van der Waals surface area (Å²) in [5, 5.41) is 22.5. The largest absolute Gasteiger partial charge is 0.411 e. The van der Waals surface area contributed by atoms with Gasteiger partial charge < -0.3 is 9.94 Å². The van der Waals surface area contributed by atoms with Gasteiger partial charge in [-0.3, -0.25) is 10.1 Å². The van der Waals surface area contributed by atoms with Gasteiger partial charge in [0, 0.05) is 6.07 Å². The maximum absolute atomic E-state index is 13.2. The Morgan fingerprint density at radius 3 is 2.70 bits per heavy atom. The minimum absolute atomic E-state index is 0.00261. The molecular weight excluding hydrogens is 267 g/mol. The summed E-state index contributed by atoms with van der Waals surface area (Å²) in [6.07, 6.45) is 2.81. The van der Waals surface area contributed by atoms with E-state index in [9.17, 15) is 14.5 Å². The molecule has 20 heavy (non-hydrogen) atoms. The Kier molecular flexibility index (Phi) is 4.62. The molecule has 7 heteroatoms. The van der Waals surface area contributed by atoms with Crippen molar-refractivity contribution in [3.05, 3.63) is 39.7 Å². The maximum atomic E-state index is 13.2. The molecule has 108 valence electrons. The molecule has 0 spiro atoms. The monoisotopic (exact) mass is 282 g/mol. The maximum Gasteiger partial charge on any atom is 0.272 e. The molecule has 0 aliphatic heterocycles. The second kappa shape index (κ2) is 6.42. The molecule has 1 aromatic carbocycles. The van der Waals surface area contributed by atoms with Crippen LogP contribution in [0, 0.1) is 15.9 Å². The van der Waals surface area contributed by atoms with Crippen molar-refractivity contribution in [1.29, 1.82) is 0 Å². The highest BCUT2D eigenvalue weighted by molar-refractivity contribution is 5.84. The number of hydrogen-bond donors (Lipinski definition) is 1. The van der Waals surface area contributed by atoms with Crippen LogP contribution in [-0.4, -0.2) is 21.9 Å². The lowest BCUT2D eigenvalue weighted by atomic mass is 9.96. The molecule has 1 fully saturated rings. The number of non-ortho nitro benzene ring substituents is 1. The van der Waals surface area contributed by atoms with Gasteiger partial charge in [-0.05, 0) is 37.3 Å². The predicted octanol–water partition coefficient (Wildman–Crippen LogP) is 3.02. The Morgan fingerprint density at radius 2 is 2.10 bits per heavy atom. The third-order valence-electron chi connectivity index (χ3n) is 3.29. The van der Waals surface area contributed by atoms with E-state index < -0.39 is 10.7 Å². The van der Waals surface area contributed by atoms with Crippen molar-refractivity contribution in [2.75, 3.05) is 0 Å². The van der Waals surface area contributed by atoms with Gasteiger partial charge in [-0.15, -0.1) is 0 Å². The fourth-order valence-corrected chi connectivity index (χ4v) is 2.23. The molecule has 6 nitrogen and oxygen atoms in total. The molecular formula is C13H15FN2O4. The van der Waals surface area contributed by atoms with Crippen molar-refractivity contribution in [3.8, 4) is 0 Å². The Hall–Kier alpha value is -2.02. The first-order chi connectivity index (χ1) is 9.58. The standard InChI is InChI=1S/C13H15FN2O4/c14-10-5-9(6-12(7-10)16(18)19)8-20-13-3-1-11(15-17)2-4-13/h5-7,13,17H,1-4,8H2. The van der Waals surface area contributed by atoms with Gasteiger partial charge in [0.25, 0.3) is 5.69 Å². The van der Waals surface area contributed by atoms with Crippen molar-refractivity contribution in [3.63, 3.8) is 0 Å². The Morgan fingerprint density at radius 1 is 1.40 bits per heavy atom. The molecule has 1 aliphatic rings. The number of nitrogens with zero attached hydrogens (tertiary/aromatic N) is 2. The number of halogens is 1. The molecule has 1 N–H and O–H groups in total. The fraction of sp³-hybridized carbons (Fsp3) is 0.462. The van der Waals surface area contributed by atoms with E-state index in [1.807, 2.05) is 0 Å². The van der Waals surface area contributed by atoms with Crippen LogP contribution in [0.2, 0.25) is 0 Å². The highest BCUT2D eigenvalue weighted by atomic mass is 19.1. The van der Waals surface area contributed by atoms with E-state index in [4.69, 9.17) is 9.94 Å². The zero-order valence-corrected chi connectivity index (χ0v) is 10.8. The third kappa shape index (κ3) is 3.74. The first kappa shape index (κ1) is 14.4. The van der Waals surface area contributed by atoms with Crippen molar-refractivity contribution in [2.24, 2.45) is 5.16 Å². The van der Waals surface area contributed by atoms with E-state index in [1.165, 1.54) is 12.1 Å². The van der Waals surface area contributed by atoms with Gasteiger partial charge in [0.2, 0.25) is 0 Å². The molecule has 0 amide bonds. The molecule has 1 aliphatic carbocycles. The molecule has 0 aromatic heterocycles. The Labute approximate surface area is 115 Å². The average Bonchev–Trinajstić information content (AvgIpc) is 2.45. The predicted molar refractivity (Wildman–Crippen MR) is 69.3 cm³/mol. The van der Waals surface area contributed by atoms with E-state index in [1.54, 1.807) is 0 Å². The summed E-state index contributed by atoms with van der Waals surface area (Å²) in [5.41, 5.74) is 0.923. The first-order valence-electron chi connectivity index (χ1n) is 6.33. The summed E-state index contributed by atoms with van der Waals surface area (Å²) in [5.74, 6) is -0.642. The van der Waals surface area contributed by atoms with Crippen LogP contribution in [0.5, 0.6) is 0 Å². The Balaban J connectivity index is 1.93. The second-order valence-corrected chi connectivity index (χ2v) is 4.75. The van der Waals surface area contributed by atoms with Crippen LogP contribution in [0.4, 0.5) is 10.1 Å². The number of nitro benzene ring substituents is 1. The van der Waals surface area contributed by atoms with E-state index in [0.29, 0.717) is 18.4 Å². The molecule has 1 aromatic rings. The Bertz CT molecular complexity index is 523. The summed E-state index contributed by atoms with van der Waals surface area (Å²) in [6.45, 7) is 0.134. The summed E-state index contributed by atoms with van der Waals surface area (Å²) in [4.78, 5) is 10.0. The van der Waals surface area contributed by atoms with E-state index in [0.717, 1.165) is 24.6 Å². The molecule has 0 heterocycles. The van der Waals surface area contributed by atoms with Crippen LogP contribution in [0.25, 0.3) is 0 Å². The summed E-state index contributed by atoms with van der Waals surface area (Å²) in [7, 11) is 0. The van der Waals surface area contributed by atoms with Crippen LogP contribution in [0.15, 0.2) is 23.4 Å². The van der Waals surface area contributed by atoms with Crippen LogP contribution < -0.4 is 0 Å². The highest BCUT2D eigenvalue weighted by Gasteiger charge is 2.19. The SMILES string of the molecule is O=[N+]([O-])c1cc(F)cc(COC2CCC(=NO)CC2)c1. The van der Waals surface area contributed by atoms with Gasteiger partial charge in [-0.1, -0.05) is 5.16 Å². The minimum atomic E-state index is -0.642. The third-order valence-corrected chi connectivity index (χ3v) is 3.29.